The second-order valence-electron chi connectivity index (χ2n) is 3.91. The molecule has 0 unspecified atom stereocenters. The highest BCUT2D eigenvalue weighted by Gasteiger charge is 1.99. The molecule has 0 aliphatic rings. The number of benzene rings is 1. The van der Waals surface area contributed by atoms with Crippen LogP contribution < -0.4 is 5.32 Å². The first-order chi connectivity index (χ1) is 8.15. The maximum atomic E-state index is 10.8. The van der Waals surface area contributed by atoms with Crippen molar-refractivity contribution in [2.45, 2.75) is 13.3 Å². The molecule has 0 atom stereocenters. The van der Waals surface area contributed by atoms with Crippen molar-refractivity contribution in [1.29, 1.82) is 0 Å². The van der Waals surface area contributed by atoms with E-state index in [1.165, 1.54) is 12.5 Å². The molecule has 2 rings (SSSR count). The summed E-state index contributed by atoms with van der Waals surface area (Å²) in [5, 5.41) is 3.90. The molecule has 0 bridgehead atoms. The molecule has 0 spiro atoms. The van der Waals surface area contributed by atoms with Crippen LogP contribution in [0.4, 0.5) is 0 Å². The van der Waals surface area contributed by atoms with Crippen molar-refractivity contribution < 1.29 is 4.79 Å². The number of nitrogens with one attached hydrogen (secondary N) is 1. The Morgan fingerprint density at radius 1 is 1.41 bits per heavy atom. The SMILES string of the molecule is CC(=O)NCCc1ccc2ncc(Br)cc2c1. The highest BCUT2D eigenvalue weighted by atomic mass is 79.9. The van der Waals surface area contributed by atoms with Gasteiger partial charge < -0.3 is 5.32 Å². The van der Waals surface area contributed by atoms with Crippen LogP contribution in [0.5, 0.6) is 0 Å². The molecule has 0 aliphatic heterocycles. The maximum Gasteiger partial charge on any atom is 0.216 e. The van der Waals surface area contributed by atoms with E-state index in [1.807, 2.05) is 18.2 Å². The van der Waals surface area contributed by atoms with E-state index in [-0.39, 0.29) is 5.91 Å². The third kappa shape index (κ3) is 3.27. The first-order valence-corrected chi connectivity index (χ1v) is 6.23. The summed E-state index contributed by atoms with van der Waals surface area (Å²) < 4.78 is 0.976. The highest BCUT2D eigenvalue weighted by Crippen LogP contribution is 2.18. The van der Waals surface area contributed by atoms with Gasteiger partial charge in [0.25, 0.3) is 0 Å². The number of carbonyl (C=O) groups is 1. The predicted octanol–water partition coefficient (Wildman–Crippen LogP) is 2.68. The van der Waals surface area contributed by atoms with E-state index >= 15 is 0 Å². The van der Waals surface area contributed by atoms with Crippen LogP contribution in [-0.2, 0) is 11.2 Å². The molecule has 0 aliphatic carbocycles. The molecule has 17 heavy (non-hydrogen) atoms. The summed E-state index contributed by atoms with van der Waals surface area (Å²) in [6.07, 6.45) is 2.63. The Morgan fingerprint density at radius 3 is 3.00 bits per heavy atom. The average molecular weight is 293 g/mol. The second kappa shape index (κ2) is 5.27. The fourth-order valence-electron chi connectivity index (χ4n) is 1.69. The van der Waals surface area contributed by atoms with Gasteiger partial charge >= 0.3 is 0 Å². The summed E-state index contributed by atoms with van der Waals surface area (Å²) in [6, 6.07) is 8.20. The van der Waals surface area contributed by atoms with Gasteiger partial charge in [0.15, 0.2) is 0 Å². The van der Waals surface area contributed by atoms with Gasteiger partial charge in [-0.05, 0) is 46.1 Å². The van der Waals surface area contributed by atoms with Crippen molar-refractivity contribution in [3.05, 3.63) is 40.5 Å². The summed E-state index contributed by atoms with van der Waals surface area (Å²) in [6.45, 7) is 2.20. The minimum Gasteiger partial charge on any atom is -0.356 e. The minimum atomic E-state index is 0.00944. The van der Waals surface area contributed by atoms with Crippen LogP contribution in [0.25, 0.3) is 10.9 Å². The largest absolute Gasteiger partial charge is 0.356 e. The monoisotopic (exact) mass is 292 g/mol. The van der Waals surface area contributed by atoms with Crippen LogP contribution in [0.1, 0.15) is 12.5 Å². The molecule has 4 heteroatoms. The number of aromatic nitrogens is 1. The van der Waals surface area contributed by atoms with E-state index < -0.39 is 0 Å². The van der Waals surface area contributed by atoms with E-state index in [4.69, 9.17) is 0 Å². The lowest BCUT2D eigenvalue weighted by molar-refractivity contribution is -0.118. The van der Waals surface area contributed by atoms with Gasteiger partial charge in [-0.15, -0.1) is 0 Å². The smallest absolute Gasteiger partial charge is 0.216 e. The lowest BCUT2D eigenvalue weighted by Crippen LogP contribution is -2.22. The molecule has 0 fully saturated rings. The number of fused-ring (bicyclic) bond motifs is 1. The van der Waals surface area contributed by atoms with Gasteiger partial charge in [0.2, 0.25) is 5.91 Å². The Bertz CT molecular complexity index is 554. The number of hydrogen-bond donors (Lipinski definition) is 1. The first kappa shape index (κ1) is 12.0. The predicted molar refractivity (Wildman–Crippen MR) is 71.8 cm³/mol. The molecule has 0 saturated carbocycles. The fraction of sp³-hybridized carbons (Fsp3) is 0.231. The van der Waals surface area contributed by atoms with Crippen molar-refractivity contribution in [1.82, 2.24) is 10.3 Å². The summed E-state index contributed by atoms with van der Waals surface area (Å²) >= 11 is 3.41. The van der Waals surface area contributed by atoms with Crippen LogP contribution in [0, 0.1) is 0 Å². The molecule has 1 amide bonds. The summed E-state index contributed by atoms with van der Waals surface area (Å²) in [4.78, 5) is 15.1. The van der Waals surface area contributed by atoms with Gasteiger partial charge in [-0.1, -0.05) is 6.07 Å². The third-order valence-corrected chi connectivity index (χ3v) is 2.93. The van der Waals surface area contributed by atoms with E-state index in [2.05, 4.69) is 32.3 Å². The second-order valence-corrected chi connectivity index (χ2v) is 4.83. The number of amides is 1. The third-order valence-electron chi connectivity index (χ3n) is 2.50. The van der Waals surface area contributed by atoms with Crippen molar-refractivity contribution in [3.63, 3.8) is 0 Å². The standard InChI is InChI=1S/C13H13BrN2O/c1-9(17)15-5-4-10-2-3-13-11(6-10)7-12(14)8-16-13/h2-3,6-8H,4-5H2,1H3,(H,15,17). The number of rotatable bonds is 3. The molecule has 0 radical (unpaired) electrons. The maximum absolute atomic E-state index is 10.8. The van der Waals surface area contributed by atoms with E-state index in [0.717, 1.165) is 21.8 Å². The van der Waals surface area contributed by atoms with Gasteiger partial charge in [-0.3, -0.25) is 9.78 Å². The average Bonchev–Trinajstić information content (AvgIpc) is 2.28. The molecule has 1 heterocycles. The van der Waals surface area contributed by atoms with Crippen LogP contribution in [0.15, 0.2) is 34.9 Å². The van der Waals surface area contributed by atoms with Gasteiger partial charge in [0.1, 0.15) is 0 Å². The van der Waals surface area contributed by atoms with E-state index in [0.29, 0.717) is 6.54 Å². The highest BCUT2D eigenvalue weighted by molar-refractivity contribution is 9.10. The fourth-order valence-corrected chi connectivity index (χ4v) is 2.04. The number of hydrogen-bond acceptors (Lipinski definition) is 2. The number of nitrogens with zero attached hydrogens (tertiary/aromatic N) is 1. The molecule has 1 aromatic carbocycles. The number of carbonyl (C=O) groups excluding carboxylic acids is 1. The zero-order chi connectivity index (χ0) is 12.3. The Labute approximate surface area is 108 Å². The quantitative estimate of drug-likeness (QED) is 0.945. The molecule has 88 valence electrons. The Balaban J connectivity index is 2.16. The van der Waals surface area contributed by atoms with Crippen LogP contribution >= 0.6 is 15.9 Å². The molecule has 0 saturated heterocycles. The molecule has 2 aromatic rings. The lowest BCUT2D eigenvalue weighted by Gasteiger charge is -2.04. The van der Waals surface area contributed by atoms with E-state index in [9.17, 15) is 4.79 Å². The van der Waals surface area contributed by atoms with Crippen molar-refractivity contribution >= 4 is 32.7 Å². The zero-order valence-electron chi connectivity index (χ0n) is 9.53. The van der Waals surface area contributed by atoms with Crippen molar-refractivity contribution in [2.24, 2.45) is 0 Å². The first-order valence-electron chi connectivity index (χ1n) is 5.44. The zero-order valence-corrected chi connectivity index (χ0v) is 11.1. The Kier molecular flexibility index (Phi) is 3.74. The van der Waals surface area contributed by atoms with Gasteiger partial charge in [0.05, 0.1) is 5.52 Å². The number of halogens is 1. The molecule has 1 N–H and O–H groups in total. The summed E-state index contributed by atoms with van der Waals surface area (Å²) in [5.74, 6) is 0.00944. The van der Waals surface area contributed by atoms with Gasteiger partial charge in [-0.2, -0.15) is 0 Å². The molecular weight excluding hydrogens is 280 g/mol. The van der Waals surface area contributed by atoms with E-state index in [1.54, 1.807) is 6.20 Å². The van der Waals surface area contributed by atoms with Crippen molar-refractivity contribution in [2.75, 3.05) is 6.54 Å². The van der Waals surface area contributed by atoms with Crippen LogP contribution in [-0.4, -0.2) is 17.4 Å². The van der Waals surface area contributed by atoms with Gasteiger partial charge in [0, 0.05) is 29.5 Å². The molecule has 3 nitrogen and oxygen atoms in total. The number of pyridine rings is 1. The topological polar surface area (TPSA) is 42.0 Å². The summed E-state index contributed by atoms with van der Waals surface area (Å²) in [5.41, 5.74) is 2.18. The Morgan fingerprint density at radius 2 is 2.24 bits per heavy atom. The van der Waals surface area contributed by atoms with Crippen LogP contribution in [0.3, 0.4) is 0 Å². The molecule has 1 aromatic heterocycles. The Hall–Kier alpha value is -1.42. The van der Waals surface area contributed by atoms with Crippen molar-refractivity contribution in [3.8, 4) is 0 Å². The van der Waals surface area contributed by atoms with Gasteiger partial charge in [-0.25, -0.2) is 0 Å². The minimum absolute atomic E-state index is 0.00944. The van der Waals surface area contributed by atoms with Crippen LogP contribution in [0.2, 0.25) is 0 Å². The summed E-state index contributed by atoms with van der Waals surface area (Å²) in [7, 11) is 0. The lowest BCUT2D eigenvalue weighted by atomic mass is 10.1. The normalized spacial score (nSPS) is 10.5. The molecular formula is C13H13BrN2O.